The van der Waals surface area contributed by atoms with E-state index < -0.39 is 0 Å². The molecule has 0 spiro atoms. The highest BCUT2D eigenvalue weighted by Crippen LogP contribution is 2.38. The van der Waals surface area contributed by atoms with E-state index in [2.05, 4.69) is 4.98 Å². The molecule has 1 heterocycles. The van der Waals surface area contributed by atoms with Crippen molar-refractivity contribution in [2.24, 2.45) is 0 Å². The highest BCUT2D eigenvalue weighted by molar-refractivity contribution is 6.37. The van der Waals surface area contributed by atoms with Crippen molar-refractivity contribution in [2.45, 2.75) is 13.8 Å². The van der Waals surface area contributed by atoms with Crippen LogP contribution in [0.3, 0.4) is 0 Å². The lowest BCUT2D eigenvalue weighted by atomic mass is 10.2. The summed E-state index contributed by atoms with van der Waals surface area (Å²) in [5.74, 6) is 0.942. The molecule has 3 aromatic rings. The van der Waals surface area contributed by atoms with E-state index in [-0.39, 0.29) is 0 Å². The van der Waals surface area contributed by atoms with E-state index in [1.54, 1.807) is 18.3 Å². The Morgan fingerprint density at radius 1 is 1.00 bits per heavy atom. The molecule has 0 aliphatic rings. The quantitative estimate of drug-likeness (QED) is 0.589. The van der Waals surface area contributed by atoms with Gasteiger partial charge in [0, 0.05) is 11.1 Å². The fourth-order valence-corrected chi connectivity index (χ4v) is 2.48. The van der Waals surface area contributed by atoms with E-state index in [1.165, 1.54) is 0 Å². The number of nitrogens with zero attached hydrogens (tertiary/aromatic N) is 1. The summed E-state index contributed by atoms with van der Waals surface area (Å²) in [4.78, 5) is 4.32. The van der Waals surface area contributed by atoms with Crippen molar-refractivity contribution >= 4 is 39.8 Å². The second kappa shape index (κ2) is 7.34. The molecule has 114 valence electrons. The summed E-state index contributed by atoms with van der Waals surface area (Å²) < 4.78 is 5.72. The molecule has 0 bridgehead atoms. The molecule has 0 radical (unpaired) electrons. The van der Waals surface area contributed by atoms with Crippen molar-refractivity contribution in [3.63, 3.8) is 0 Å². The lowest BCUT2D eigenvalue weighted by Crippen LogP contribution is -1.91. The van der Waals surface area contributed by atoms with Crippen LogP contribution in [0.25, 0.3) is 10.9 Å². The van der Waals surface area contributed by atoms with Gasteiger partial charge in [-0.05, 0) is 24.3 Å². The number of pyridine rings is 1. The van der Waals surface area contributed by atoms with E-state index in [4.69, 9.17) is 33.7 Å². The van der Waals surface area contributed by atoms with E-state index >= 15 is 0 Å². The zero-order valence-corrected chi connectivity index (χ0v) is 13.8. The number of nitrogen functional groups attached to an aromatic ring is 1. The lowest BCUT2D eigenvalue weighted by Gasteiger charge is -2.10. The van der Waals surface area contributed by atoms with Gasteiger partial charge in [0.1, 0.15) is 5.75 Å². The molecule has 0 aliphatic carbocycles. The molecule has 2 N–H and O–H groups in total. The van der Waals surface area contributed by atoms with Gasteiger partial charge in [-0.3, -0.25) is 4.98 Å². The highest BCUT2D eigenvalue weighted by atomic mass is 35.5. The summed E-state index contributed by atoms with van der Waals surface area (Å²) in [7, 11) is 0. The Kier molecular flexibility index (Phi) is 5.47. The van der Waals surface area contributed by atoms with Crippen LogP contribution in [0.1, 0.15) is 13.8 Å². The number of para-hydroxylation sites is 1. The summed E-state index contributed by atoms with van der Waals surface area (Å²) in [5.41, 5.74) is 7.05. The third-order valence-corrected chi connectivity index (χ3v) is 3.37. The lowest BCUT2D eigenvalue weighted by molar-refractivity contribution is 0.482. The summed E-state index contributed by atoms with van der Waals surface area (Å²) in [6, 6.07) is 12.8. The van der Waals surface area contributed by atoms with Crippen LogP contribution in [0, 0.1) is 0 Å². The van der Waals surface area contributed by atoms with Crippen LogP contribution in [-0.4, -0.2) is 4.98 Å². The molecular weight excluding hydrogens is 319 g/mol. The van der Waals surface area contributed by atoms with Crippen LogP contribution in [0.4, 0.5) is 5.69 Å². The van der Waals surface area contributed by atoms with Crippen LogP contribution >= 0.6 is 23.2 Å². The van der Waals surface area contributed by atoms with Gasteiger partial charge in [0.05, 0.1) is 21.8 Å². The Morgan fingerprint density at radius 2 is 1.64 bits per heavy atom. The molecule has 3 rings (SSSR count). The maximum Gasteiger partial charge on any atom is 0.164 e. The van der Waals surface area contributed by atoms with Gasteiger partial charge >= 0.3 is 0 Å². The van der Waals surface area contributed by atoms with Crippen LogP contribution in [0.5, 0.6) is 11.5 Å². The third kappa shape index (κ3) is 3.62. The molecule has 0 fully saturated rings. The first-order valence-corrected chi connectivity index (χ1v) is 7.66. The Balaban J connectivity index is 0.000000847. The molecule has 2 aromatic carbocycles. The number of aromatic nitrogens is 1. The monoisotopic (exact) mass is 334 g/mol. The van der Waals surface area contributed by atoms with Crippen molar-refractivity contribution in [2.75, 3.05) is 5.73 Å². The molecule has 0 amide bonds. The minimum absolute atomic E-state index is 0.364. The number of halogens is 2. The van der Waals surface area contributed by atoms with Crippen molar-refractivity contribution in [3.05, 3.63) is 58.7 Å². The van der Waals surface area contributed by atoms with Crippen molar-refractivity contribution in [1.29, 1.82) is 0 Å². The van der Waals surface area contributed by atoms with Gasteiger partial charge in [-0.25, -0.2) is 0 Å². The van der Waals surface area contributed by atoms with E-state index in [1.807, 2.05) is 44.2 Å². The number of benzene rings is 2. The number of fused-ring (bicyclic) bond motifs is 1. The van der Waals surface area contributed by atoms with Crippen LogP contribution < -0.4 is 10.5 Å². The van der Waals surface area contributed by atoms with Gasteiger partial charge in [-0.2, -0.15) is 0 Å². The largest absolute Gasteiger partial charge is 0.453 e. The normalized spacial score (nSPS) is 10.0. The summed E-state index contributed by atoms with van der Waals surface area (Å²) in [5, 5.41) is 1.71. The summed E-state index contributed by atoms with van der Waals surface area (Å²) in [6.45, 7) is 4.00. The minimum atomic E-state index is 0.364. The molecule has 3 nitrogen and oxygen atoms in total. The third-order valence-electron chi connectivity index (χ3n) is 2.81. The fraction of sp³-hybridized carbons (Fsp3) is 0.118. The SMILES string of the molecule is CC.Nc1cc(Cl)c(Oc2cnc3ccccc3c2)c(Cl)c1. The fourth-order valence-electron chi connectivity index (χ4n) is 1.90. The maximum absolute atomic E-state index is 6.09. The molecule has 0 aliphatic heterocycles. The molecule has 0 saturated carbocycles. The zero-order valence-electron chi connectivity index (χ0n) is 12.3. The number of hydrogen-bond donors (Lipinski definition) is 1. The Hall–Kier alpha value is -1.97. The molecule has 0 unspecified atom stereocenters. The van der Waals surface area contributed by atoms with Crippen molar-refractivity contribution < 1.29 is 4.74 Å². The second-order valence-corrected chi connectivity index (χ2v) is 5.09. The minimum Gasteiger partial charge on any atom is -0.453 e. The zero-order chi connectivity index (χ0) is 16.1. The van der Waals surface area contributed by atoms with Gasteiger partial charge in [0.15, 0.2) is 5.75 Å². The highest BCUT2D eigenvalue weighted by Gasteiger charge is 2.10. The summed E-state index contributed by atoms with van der Waals surface area (Å²) >= 11 is 12.2. The van der Waals surface area contributed by atoms with Crippen LogP contribution in [0.2, 0.25) is 10.0 Å². The van der Waals surface area contributed by atoms with Crippen LogP contribution in [0.15, 0.2) is 48.7 Å². The first kappa shape index (κ1) is 16.4. The number of hydrogen-bond acceptors (Lipinski definition) is 3. The standard InChI is InChI=1S/C15H10Cl2N2O.C2H6/c16-12-6-10(18)7-13(17)15(12)20-11-5-9-3-1-2-4-14(9)19-8-11;1-2/h1-8H,18H2;1-2H3. The van der Waals surface area contributed by atoms with E-state index in [9.17, 15) is 0 Å². The molecule has 0 saturated heterocycles. The second-order valence-electron chi connectivity index (χ2n) is 4.28. The first-order valence-electron chi connectivity index (χ1n) is 6.90. The molecule has 0 atom stereocenters. The topological polar surface area (TPSA) is 48.1 Å². The average Bonchev–Trinajstić information content (AvgIpc) is 2.52. The van der Waals surface area contributed by atoms with Gasteiger partial charge in [-0.15, -0.1) is 0 Å². The summed E-state index contributed by atoms with van der Waals surface area (Å²) in [6.07, 6.45) is 1.63. The predicted octanol–water partition coefficient (Wildman–Crippen LogP) is 5.94. The Labute approximate surface area is 139 Å². The molecular formula is C17H16Cl2N2O. The first-order chi connectivity index (χ1) is 10.6. The average molecular weight is 335 g/mol. The predicted molar refractivity (Wildman–Crippen MR) is 94.0 cm³/mol. The molecule has 1 aromatic heterocycles. The number of rotatable bonds is 2. The number of anilines is 1. The number of nitrogens with two attached hydrogens (primary N) is 1. The van der Waals surface area contributed by atoms with E-state index in [0.717, 1.165) is 10.9 Å². The molecule has 22 heavy (non-hydrogen) atoms. The van der Waals surface area contributed by atoms with Gasteiger partial charge in [-0.1, -0.05) is 55.2 Å². The maximum atomic E-state index is 6.09. The molecule has 5 heteroatoms. The van der Waals surface area contributed by atoms with Gasteiger partial charge in [0.25, 0.3) is 0 Å². The van der Waals surface area contributed by atoms with Crippen LogP contribution in [-0.2, 0) is 0 Å². The van der Waals surface area contributed by atoms with E-state index in [0.29, 0.717) is 27.2 Å². The van der Waals surface area contributed by atoms with Gasteiger partial charge < -0.3 is 10.5 Å². The Bertz CT molecular complexity index is 767. The van der Waals surface area contributed by atoms with Crippen molar-refractivity contribution in [3.8, 4) is 11.5 Å². The smallest absolute Gasteiger partial charge is 0.164 e. The Morgan fingerprint density at radius 3 is 2.32 bits per heavy atom. The van der Waals surface area contributed by atoms with Gasteiger partial charge in [0.2, 0.25) is 0 Å². The number of ether oxygens (including phenoxy) is 1. The van der Waals surface area contributed by atoms with Crippen molar-refractivity contribution in [1.82, 2.24) is 4.98 Å².